The van der Waals surface area contributed by atoms with Gasteiger partial charge in [-0.05, 0) is 49.1 Å². The first kappa shape index (κ1) is 14.9. The van der Waals surface area contributed by atoms with Crippen LogP contribution in [-0.2, 0) is 0 Å². The van der Waals surface area contributed by atoms with E-state index >= 15 is 0 Å². The van der Waals surface area contributed by atoms with Crippen molar-refractivity contribution in [2.45, 2.75) is 20.8 Å². The van der Waals surface area contributed by atoms with Gasteiger partial charge in [-0.25, -0.2) is 4.98 Å². The molecule has 0 radical (unpaired) electrons. The molecule has 3 rings (SSSR count). The third kappa shape index (κ3) is 2.11. The van der Waals surface area contributed by atoms with Crippen LogP contribution in [0.25, 0.3) is 16.8 Å². The Balaban J connectivity index is 2.52. The fourth-order valence-electron chi connectivity index (χ4n) is 2.97. The Morgan fingerprint density at radius 1 is 1.22 bits per heavy atom. The van der Waals surface area contributed by atoms with Crippen molar-refractivity contribution in [2.24, 2.45) is 5.73 Å². The zero-order valence-corrected chi connectivity index (χ0v) is 13.2. The average Bonchev–Trinajstić information content (AvgIpc) is 2.75. The van der Waals surface area contributed by atoms with Crippen LogP contribution < -0.4 is 11.5 Å². The maximum Gasteiger partial charge on any atom is 0.267 e. The number of nitrogens with two attached hydrogens (primary N) is 2. The van der Waals surface area contributed by atoms with Crippen molar-refractivity contribution in [3.63, 3.8) is 0 Å². The van der Waals surface area contributed by atoms with E-state index in [0.29, 0.717) is 16.8 Å². The van der Waals surface area contributed by atoms with E-state index in [9.17, 15) is 9.90 Å². The number of aromatic nitrogens is 2. The Hall–Kier alpha value is -3.02. The van der Waals surface area contributed by atoms with Crippen molar-refractivity contribution in [1.29, 1.82) is 0 Å². The highest BCUT2D eigenvalue weighted by molar-refractivity contribution is 6.06. The van der Waals surface area contributed by atoms with Crippen LogP contribution in [-0.4, -0.2) is 20.4 Å². The number of rotatable bonds is 2. The maximum absolute atomic E-state index is 11.9. The highest BCUT2D eigenvalue weighted by Gasteiger charge is 2.24. The number of hydrogen-bond acceptors (Lipinski definition) is 4. The minimum atomic E-state index is -0.619. The summed E-state index contributed by atoms with van der Waals surface area (Å²) in [6.07, 6.45) is 3.48. The number of amides is 1. The Bertz CT molecular complexity index is 957. The second kappa shape index (κ2) is 5.01. The number of fused-ring (bicyclic) bond motifs is 1. The van der Waals surface area contributed by atoms with Crippen LogP contribution in [0.2, 0.25) is 0 Å². The molecule has 5 N–H and O–H groups in total. The molecule has 0 spiro atoms. The molecule has 2 aromatic heterocycles. The van der Waals surface area contributed by atoms with Gasteiger partial charge < -0.3 is 16.6 Å². The number of anilines is 1. The molecule has 0 aliphatic carbocycles. The molecular weight excluding hydrogens is 292 g/mol. The third-order valence-corrected chi connectivity index (χ3v) is 4.07. The molecule has 2 heterocycles. The molecule has 0 unspecified atom stereocenters. The van der Waals surface area contributed by atoms with Crippen LogP contribution in [0.1, 0.15) is 27.2 Å². The highest BCUT2D eigenvalue weighted by Crippen LogP contribution is 2.40. The smallest absolute Gasteiger partial charge is 0.267 e. The van der Waals surface area contributed by atoms with Gasteiger partial charge in [-0.15, -0.1) is 0 Å². The molecule has 6 heteroatoms. The van der Waals surface area contributed by atoms with Gasteiger partial charge in [-0.1, -0.05) is 6.07 Å². The molecule has 118 valence electrons. The molecule has 0 fully saturated rings. The molecule has 23 heavy (non-hydrogen) atoms. The van der Waals surface area contributed by atoms with Crippen LogP contribution in [0.5, 0.6) is 5.75 Å². The number of phenols is 1. The van der Waals surface area contributed by atoms with E-state index in [1.54, 1.807) is 35.9 Å². The van der Waals surface area contributed by atoms with E-state index in [-0.39, 0.29) is 17.1 Å². The van der Waals surface area contributed by atoms with Crippen molar-refractivity contribution >= 4 is 17.2 Å². The molecule has 0 aliphatic rings. The van der Waals surface area contributed by atoms with Gasteiger partial charge in [0, 0.05) is 12.4 Å². The summed E-state index contributed by atoms with van der Waals surface area (Å²) in [5, 5.41) is 10.0. The number of aromatic hydroxyl groups is 1. The van der Waals surface area contributed by atoms with E-state index in [4.69, 9.17) is 11.5 Å². The van der Waals surface area contributed by atoms with E-state index in [1.165, 1.54) is 0 Å². The quantitative estimate of drug-likeness (QED) is 0.675. The van der Waals surface area contributed by atoms with Gasteiger partial charge in [0.2, 0.25) is 0 Å². The number of benzene rings is 1. The minimum Gasteiger partial charge on any atom is -0.508 e. The van der Waals surface area contributed by atoms with Crippen molar-refractivity contribution in [3.05, 3.63) is 46.9 Å². The molecule has 0 aliphatic heterocycles. The molecule has 0 atom stereocenters. The second-order valence-corrected chi connectivity index (χ2v) is 5.73. The van der Waals surface area contributed by atoms with Crippen LogP contribution >= 0.6 is 0 Å². The summed E-state index contributed by atoms with van der Waals surface area (Å²) in [6.45, 7) is 5.60. The number of nitrogens with zero attached hydrogens (tertiary/aromatic N) is 2. The van der Waals surface area contributed by atoms with Crippen molar-refractivity contribution < 1.29 is 9.90 Å². The molecule has 0 saturated carbocycles. The molecule has 1 aromatic carbocycles. The molecule has 1 amide bonds. The Kier molecular flexibility index (Phi) is 3.25. The first-order chi connectivity index (χ1) is 10.8. The molecule has 0 saturated heterocycles. The van der Waals surface area contributed by atoms with Crippen molar-refractivity contribution in [3.8, 4) is 16.9 Å². The number of phenolic OH excluding ortho intramolecular Hbond substituents is 1. The lowest BCUT2D eigenvalue weighted by Gasteiger charge is -2.11. The standard InChI is InChI=1S/C17H18N4O2/c1-8-6-20-17-13(12-9(2)4-5-11(22)10(12)3)14(18)15(16(19)23)21(17)7-8/h4-7,22H,18H2,1-3H3,(H2,19,23). The fraction of sp³-hybridized carbons (Fsp3) is 0.176. The van der Waals surface area contributed by atoms with Gasteiger partial charge in [0.1, 0.15) is 17.1 Å². The lowest BCUT2D eigenvalue weighted by atomic mass is 9.95. The minimum absolute atomic E-state index is 0.164. The molecule has 0 bridgehead atoms. The van der Waals surface area contributed by atoms with Crippen LogP contribution in [0.4, 0.5) is 5.69 Å². The summed E-state index contributed by atoms with van der Waals surface area (Å²) in [5.41, 5.74) is 16.6. The summed E-state index contributed by atoms with van der Waals surface area (Å²) in [7, 11) is 0. The van der Waals surface area contributed by atoms with E-state index < -0.39 is 5.91 Å². The summed E-state index contributed by atoms with van der Waals surface area (Å²) >= 11 is 0. The predicted octanol–water partition coefficient (Wildman–Crippen LogP) is 2.31. The van der Waals surface area contributed by atoms with Gasteiger partial charge in [-0.2, -0.15) is 0 Å². The number of hydrogen-bond donors (Lipinski definition) is 3. The predicted molar refractivity (Wildman–Crippen MR) is 89.4 cm³/mol. The topological polar surface area (TPSA) is 107 Å². The van der Waals surface area contributed by atoms with E-state index in [2.05, 4.69) is 4.98 Å². The van der Waals surface area contributed by atoms with Gasteiger partial charge in [0.05, 0.1) is 11.3 Å². The summed E-state index contributed by atoms with van der Waals surface area (Å²) in [6, 6.07) is 3.44. The van der Waals surface area contributed by atoms with Gasteiger partial charge in [0.25, 0.3) is 5.91 Å². The van der Waals surface area contributed by atoms with E-state index in [0.717, 1.165) is 16.7 Å². The fourth-order valence-corrected chi connectivity index (χ4v) is 2.97. The highest BCUT2D eigenvalue weighted by atomic mass is 16.3. The molecule has 6 nitrogen and oxygen atoms in total. The Labute approximate surface area is 133 Å². The van der Waals surface area contributed by atoms with Crippen molar-refractivity contribution in [1.82, 2.24) is 9.38 Å². The number of aryl methyl sites for hydroxylation is 2. The van der Waals surface area contributed by atoms with E-state index in [1.807, 2.05) is 13.8 Å². The number of primary amides is 1. The lowest BCUT2D eigenvalue weighted by Crippen LogP contribution is -2.15. The molecular formula is C17H18N4O2. The summed E-state index contributed by atoms with van der Waals surface area (Å²) in [5.74, 6) is -0.455. The van der Waals surface area contributed by atoms with Gasteiger partial charge in [-0.3, -0.25) is 9.20 Å². The first-order valence-electron chi connectivity index (χ1n) is 7.18. The maximum atomic E-state index is 11.9. The Morgan fingerprint density at radius 3 is 2.57 bits per heavy atom. The average molecular weight is 310 g/mol. The first-order valence-corrected chi connectivity index (χ1v) is 7.18. The van der Waals surface area contributed by atoms with Gasteiger partial charge >= 0.3 is 0 Å². The number of carbonyl (C=O) groups is 1. The molecule has 3 aromatic rings. The third-order valence-electron chi connectivity index (χ3n) is 4.07. The monoisotopic (exact) mass is 310 g/mol. The number of carbonyl (C=O) groups excluding carboxylic acids is 1. The Morgan fingerprint density at radius 2 is 1.91 bits per heavy atom. The van der Waals surface area contributed by atoms with Gasteiger partial charge in [0.15, 0.2) is 0 Å². The largest absolute Gasteiger partial charge is 0.508 e. The summed E-state index contributed by atoms with van der Waals surface area (Å²) in [4.78, 5) is 16.3. The van der Waals surface area contributed by atoms with Crippen LogP contribution in [0.15, 0.2) is 24.5 Å². The lowest BCUT2D eigenvalue weighted by molar-refractivity contribution is 0.0995. The second-order valence-electron chi connectivity index (χ2n) is 5.73. The summed E-state index contributed by atoms with van der Waals surface area (Å²) < 4.78 is 1.62. The number of nitrogen functional groups attached to an aromatic ring is 1. The zero-order valence-electron chi connectivity index (χ0n) is 13.2. The van der Waals surface area contributed by atoms with Crippen LogP contribution in [0, 0.1) is 20.8 Å². The SMILES string of the molecule is Cc1cnc2c(-c3c(C)ccc(O)c3C)c(N)c(C(N)=O)n2c1. The van der Waals surface area contributed by atoms with Crippen molar-refractivity contribution in [2.75, 3.05) is 5.73 Å². The normalized spacial score (nSPS) is 11.1. The zero-order chi connectivity index (χ0) is 16.9. The van der Waals surface area contributed by atoms with Crippen LogP contribution in [0.3, 0.4) is 0 Å².